The van der Waals surface area contributed by atoms with Crippen molar-refractivity contribution in [3.63, 3.8) is 0 Å². The number of nitrogens with two attached hydrogens (primary N) is 1. The Hall–Kier alpha value is -3.93. The number of rotatable bonds is 6. The van der Waals surface area contributed by atoms with E-state index in [9.17, 15) is 9.59 Å². The van der Waals surface area contributed by atoms with Crippen molar-refractivity contribution in [2.24, 2.45) is 0 Å². The van der Waals surface area contributed by atoms with Crippen molar-refractivity contribution in [2.45, 2.75) is 6.54 Å². The number of imidazole rings is 1. The molecule has 0 bridgehead atoms. The van der Waals surface area contributed by atoms with Crippen molar-refractivity contribution in [1.82, 2.24) is 24.3 Å². The molecule has 2 aromatic carbocycles. The van der Waals surface area contributed by atoms with E-state index in [1.807, 2.05) is 64.9 Å². The van der Waals surface area contributed by atoms with Gasteiger partial charge in [0.15, 0.2) is 5.13 Å². The molecule has 4 aromatic rings. The third-order valence-electron chi connectivity index (χ3n) is 7.15. The molecule has 3 N–H and O–H groups in total. The van der Waals surface area contributed by atoms with Gasteiger partial charge in [0.05, 0.1) is 36.8 Å². The number of aromatic nitrogens is 3. The summed E-state index contributed by atoms with van der Waals surface area (Å²) in [6.45, 7) is 5.60. The average Bonchev–Trinajstić information content (AvgIpc) is 3.54. The van der Waals surface area contributed by atoms with Crippen LogP contribution in [0.1, 0.15) is 16.2 Å². The fourth-order valence-electron chi connectivity index (χ4n) is 5.24. The summed E-state index contributed by atoms with van der Waals surface area (Å²) in [6, 6.07) is 17.6. The molecule has 2 fully saturated rings. The maximum atomic E-state index is 14.3. The zero-order chi connectivity index (χ0) is 26.8. The van der Waals surface area contributed by atoms with Crippen LogP contribution < -0.4 is 21.6 Å². The highest BCUT2D eigenvalue weighted by Gasteiger charge is 2.31. The molecule has 0 saturated carbocycles. The standard InChI is InChI=1S/C28H31N7O3S/c29-27-31-21(19-39-27)18-34-25(26(36)33-11-9-30-10-12-33)24(20-5-2-1-3-6-20)35(28(34)37)23-8-4-7-22(17-23)32-13-15-38-16-14-32/h1-8,17,19,30H,9-16,18H2,(H2,29,31). The fraction of sp³-hybridized carbons (Fsp3) is 0.321. The number of thiazole rings is 1. The molecule has 1 amide bonds. The molecule has 0 atom stereocenters. The summed E-state index contributed by atoms with van der Waals surface area (Å²) >= 11 is 1.32. The van der Waals surface area contributed by atoms with Crippen LogP contribution in [-0.4, -0.2) is 77.4 Å². The minimum Gasteiger partial charge on any atom is -0.378 e. The molecule has 0 radical (unpaired) electrons. The van der Waals surface area contributed by atoms with Crippen LogP contribution in [-0.2, 0) is 11.3 Å². The summed E-state index contributed by atoms with van der Waals surface area (Å²) in [5.41, 5.74) is 9.70. The van der Waals surface area contributed by atoms with E-state index in [0.29, 0.717) is 67.3 Å². The Kier molecular flexibility index (Phi) is 7.18. The van der Waals surface area contributed by atoms with Crippen molar-refractivity contribution in [2.75, 3.05) is 63.1 Å². The van der Waals surface area contributed by atoms with E-state index in [1.165, 1.54) is 11.3 Å². The van der Waals surface area contributed by atoms with E-state index in [0.717, 1.165) is 24.3 Å². The highest BCUT2D eigenvalue weighted by molar-refractivity contribution is 7.13. The second-order valence-corrected chi connectivity index (χ2v) is 10.5. The number of nitrogens with one attached hydrogen (secondary N) is 1. The number of hydrogen-bond donors (Lipinski definition) is 2. The van der Waals surface area contributed by atoms with Crippen molar-refractivity contribution in [1.29, 1.82) is 0 Å². The van der Waals surface area contributed by atoms with E-state index in [2.05, 4.69) is 15.2 Å². The number of nitrogen functional groups attached to an aromatic ring is 1. The maximum absolute atomic E-state index is 14.3. The van der Waals surface area contributed by atoms with E-state index >= 15 is 0 Å². The summed E-state index contributed by atoms with van der Waals surface area (Å²) in [5.74, 6) is -0.168. The normalized spacial score (nSPS) is 16.0. The predicted molar refractivity (Wildman–Crippen MR) is 153 cm³/mol. The van der Waals surface area contributed by atoms with Crippen molar-refractivity contribution in [3.8, 4) is 16.9 Å². The molecule has 0 aliphatic carbocycles. The van der Waals surface area contributed by atoms with Crippen molar-refractivity contribution in [3.05, 3.63) is 81.8 Å². The number of benzene rings is 2. The van der Waals surface area contributed by atoms with Crippen LogP contribution >= 0.6 is 11.3 Å². The van der Waals surface area contributed by atoms with Gasteiger partial charge in [-0.1, -0.05) is 36.4 Å². The second-order valence-electron chi connectivity index (χ2n) is 9.61. The second kappa shape index (κ2) is 11.0. The largest absolute Gasteiger partial charge is 0.378 e. The predicted octanol–water partition coefficient (Wildman–Crippen LogP) is 2.27. The number of carbonyl (C=O) groups is 1. The van der Waals surface area contributed by atoms with Crippen LogP contribution in [0.3, 0.4) is 0 Å². The van der Waals surface area contributed by atoms with Crippen molar-refractivity contribution >= 4 is 28.1 Å². The van der Waals surface area contributed by atoms with Gasteiger partial charge >= 0.3 is 5.69 Å². The van der Waals surface area contributed by atoms with Gasteiger partial charge in [-0.05, 0) is 18.2 Å². The molecule has 4 heterocycles. The first-order valence-electron chi connectivity index (χ1n) is 13.1. The summed E-state index contributed by atoms with van der Waals surface area (Å²) < 4.78 is 8.76. The summed E-state index contributed by atoms with van der Waals surface area (Å²) in [5, 5.41) is 5.56. The molecule has 2 aromatic heterocycles. The molecule has 0 spiro atoms. The van der Waals surface area contributed by atoms with Crippen LogP contribution in [0.5, 0.6) is 0 Å². The smallest absolute Gasteiger partial charge is 0.334 e. The molecule has 2 aliphatic heterocycles. The number of amides is 1. The first-order valence-corrected chi connectivity index (χ1v) is 14.0. The minimum absolute atomic E-state index is 0.148. The van der Waals surface area contributed by atoms with Gasteiger partial charge in [-0.3, -0.25) is 13.9 Å². The first-order chi connectivity index (χ1) is 19.1. The Morgan fingerprint density at radius 1 is 1.00 bits per heavy atom. The number of morpholine rings is 1. The first kappa shape index (κ1) is 25.4. The maximum Gasteiger partial charge on any atom is 0.334 e. The molecule has 11 heteroatoms. The summed E-state index contributed by atoms with van der Waals surface area (Å²) in [7, 11) is 0. The monoisotopic (exact) mass is 545 g/mol. The van der Waals surface area contributed by atoms with Gasteiger partial charge in [0.2, 0.25) is 0 Å². The van der Waals surface area contributed by atoms with E-state index in [-0.39, 0.29) is 18.1 Å². The average molecular weight is 546 g/mol. The van der Waals surface area contributed by atoms with Gasteiger partial charge in [-0.15, -0.1) is 11.3 Å². The lowest BCUT2D eigenvalue weighted by Gasteiger charge is -2.29. The molecule has 202 valence electrons. The Labute approximate surface area is 230 Å². The molecular weight excluding hydrogens is 514 g/mol. The number of piperazine rings is 1. The van der Waals surface area contributed by atoms with E-state index in [4.69, 9.17) is 10.5 Å². The molecule has 6 rings (SSSR count). The molecule has 0 unspecified atom stereocenters. The minimum atomic E-state index is -0.293. The molecule has 2 aliphatic rings. The Morgan fingerprint density at radius 3 is 2.46 bits per heavy atom. The highest BCUT2D eigenvalue weighted by Crippen LogP contribution is 2.30. The third kappa shape index (κ3) is 5.08. The number of hydrogen-bond acceptors (Lipinski definition) is 8. The van der Waals surface area contributed by atoms with Crippen LogP contribution in [0.4, 0.5) is 10.8 Å². The number of nitrogens with zero attached hydrogens (tertiary/aromatic N) is 5. The number of anilines is 2. The zero-order valence-electron chi connectivity index (χ0n) is 21.6. The van der Waals surface area contributed by atoms with Gasteiger partial charge in [0, 0.05) is 55.9 Å². The fourth-order valence-corrected chi connectivity index (χ4v) is 5.79. The Morgan fingerprint density at radius 2 is 1.74 bits per heavy atom. The van der Waals surface area contributed by atoms with Crippen LogP contribution in [0, 0.1) is 0 Å². The Balaban J connectivity index is 1.57. The lowest BCUT2D eigenvalue weighted by Crippen LogP contribution is -2.47. The van der Waals surface area contributed by atoms with E-state index < -0.39 is 0 Å². The summed E-state index contributed by atoms with van der Waals surface area (Å²) in [4.78, 5) is 37.0. The van der Waals surface area contributed by atoms with Gasteiger partial charge in [-0.2, -0.15) is 0 Å². The quantitative estimate of drug-likeness (QED) is 0.383. The van der Waals surface area contributed by atoms with Crippen LogP contribution in [0.2, 0.25) is 0 Å². The SMILES string of the molecule is Nc1nc(Cn2c(C(=O)N3CCNCC3)c(-c3ccccc3)n(-c3cccc(N4CCOCC4)c3)c2=O)cs1. The highest BCUT2D eigenvalue weighted by atomic mass is 32.1. The number of carbonyl (C=O) groups excluding carboxylic acids is 1. The molecular formula is C28H31N7O3S. The lowest BCUT2D eigenvalue weighted by molar-refractivity contribution is 0.0725. The van der Waals surface area contributed by atoms with Gasteiger partial charge in [-0.25, -0.2) is 9.78 Å². The lowest BCUT2D eigenvalue weighted by atomic mass is 10.1. The van der Waals surface area contributed by atoms with Crippen LogP contribution in [0.25, 0.3) is 16.9 Å². The molecule has 39 heavy (non-hydrogen) atoms. The van der Waals surface area contributed by atoms with Gasteiger partial charge < -0.3 is 25.6 Å². The molecule has 2 saturated heterocycles. The molecule has 10 nitrogen and oxygen atoms in total. The van der Waals surface area contributed by atoms with Crippen LogP contribution in [0.15, 0.2) is 64.8 Å². The zero-order valence-corrected chi connectivity index (χ0v) is 22.4. The third-order valence-corrected chi connectivity index (χ3v) is 7.87. The van der Waals surface area contributed by atoms with Gasteiger partial charge in [0.25, 0.3) is 5.91 Å². The summed E-state index contributed by atoms with van der Waals surface area (Å²) in [6.07, 6.45) is 0. The topological polar surface area (TPSA) is 111 Å². The Bertz CT molecular complexity index is 1520. The number of ether oxygens (including phenoxy) is 1. The van der Waals surface area contributed by atoms with Crippen molar-refractivity contribution < 1.29 is 9.53 Å². The van der Waals surface area contributed by atoms with E-state index in [1.54, 1.807) is 9.13 Å². The van der Waals surface area contributed by atoms with Gasteiger partial charge in [0.1, 0.15) is 5.69 Å².